The molecule has 1 aromatic carbocycles. The van der Waals surface area contributed by atoms with Crippen molar-refractivity contribution >= 4 is 23.4 Å². The van der Waals surface area contributed by atoms with Crippen LogP contribution < -0.4 is 5.32 Å². The zero-order valence-electron chi connectivity index (χ0n) is 9.86. The molecule has 0 aromatic heterocycles. The Morgan fingerprint density at radius 1 is 1.35 bits per heavy atom. The van der Waals surface area contributed by atoms with E-state index in [2.05, 4.69) is 29.6 Å². The fourth-order valence-corrected chi connectivity index (χ4v) is 4.02. The summed E-state index contributed by atoms with van der Waals surface area (Å²) in [5, 5.41) is 4.57. The van der Waals surface area contributed by atoms with Crippen LogP contribution in [0.15, 0.2) is 29.2 Å². The second-order valence-electron chi connectivity index (χ2n) is 5.06. The molecule has 1 heterocycles. The Morgan fingerprint density at radius 3 is 2.94 bits per heavy atom. The number of thioether (sulfide) groups is 1. The number of hydrogen-bond donors (Lipinski definition) is 1. The Bertz CT molecular complexity index is 367. The van der Waals surface area contributed by atoms with Crippen LogP contribution in [0.5, 0.6) is 0 Å². The zero-order chi connectivity index (χ0) is 11.7. The SMILES string of the molecule is ClC(CNCC1Cc2ccccc2S1)C1CC1. The summed E-state index contributed by atoms with van der Waals surface area (Å²) in [6.07, 6.45) is 3.86. The molecule has 1 aliphatic heterocycles. The zero-order valence-corrected chi connectivity index (χ0v) is 11.4. The van der Waals surface area contributed by atoms with Gasteiger partial charge in [0.2, 0.25) is 0 Å². The lowest BCUT2D eigenvalue weighted by molar-refractivity contribution is 0.610. The molecule has 1 fully saturated rings. The van der Waals surface area contributed by atoms with Crippen molar-refractivity contribution in [3.05, 3.63) is 29.8 Å². The first-order valence-electron chi connectivity index (χ1n) is 6.42. The van der Waals surface area contributed by atoms with Crippen molar-refractivity contribution < 1.29 is 0 Å². The minimum absolute atomic E-state index is 0.351. The molecule has 0 saturated heterocycles. The summed E-state index contributed by atoms with van der Waals surface area (Å²) in [5.74, 6) is 0.789. The standard InChI is InChI=1S/C14H18ClNS/c15-13(10-5-6-10)9-16-8-12-7-11-3-1-2-4-14(11)17-12/h1-4,10,12-13,16H,5-9H2. The molecule has 0 amide bonds. The highest BCUT2D eigenvalue weighted by Gasteiger charge is 2.29. The van der Waals surface area contributed by atoms with Gasteiger partial charge in [-0.2, -0.15) is 0 Å². The van der Waals surface area contributed by atoms with Gasteiger partial charge >= 0.3 is 0 Å². The van der Waals surface area contributed by atoms with E-state index >= 15 is 0 Å². The van der Waals surface area contributed by atoms with E-state index in [-0.39, 0.29) is 0 Å². The smallest absolute Gasteiger partial charge is 0.0488 e. The van der Waals surface area contributed by atoms with E-state index in [1.165, 1.54) is 29.7 Å². The van der Waals surface area contributed by atoms with Gasteiger partial charge in [-0.1, -0.05) is 18.2 Å². The maximum absolute atomic E-state index is 6.28. The van der Waals surface area contributed by atoms with Crippen LogP contribution in [0.3, 0.4) is 0 Å². The minimum Gasteiger partial charge on any atom is -0.314 e. The van der Waals surface area contributed by atoms with E-state index in [9.17, 15) is 0 Å². The van der Waals surface area contributed by atoms with Crippen molar-refractivity contribution in [1.29, 1.82) is 0 Å². The van der Waals surface area contributed by atoms with Gasteiger partial charge in [0.1, 0.15) is 0 Å². The number of nitrogens with one attached hydrogen (secondary N) is 1. The summed E-state index contributed by atoms with van der Waals surface area (Å²) >= 11 is 8.29. The van der Waals surface area contributed by atoms with Crippen molar-refractivity contribution in [3.8, 4) is 0 Å². The molecular weight excluding hydrogens is 250 g/mol. The summed E-state index contributed by atoms with van der Waals surface area (Å²) in [5.41, 5.74) is 1.51. The molecule has 1 aliphatic carbocycles. The second kappa shape index (κ2) is 5.21. The summed E-state index contributed by atoms with van der Waals surface area (Å²) in [6.45, 7) is 2.05. The van der Waals surface area contributed by atoms with Gasteiger partial charge in [0, 0.05) is 28.6 Å². The number of rotatable bonds is 5. The van der Waals surface area contributed by atoms with Crippen LogP contribution in [0.2, 0.25) is 0 Å². The summed E-state index contributed by atoms with van der Waals surface area (Å²) in [6, 6.07) is 8.74. The largest absolute Gasteiger partial charge is 0.314 e. The van der Waals surface area contributed by atoms with Gasteiger partial charge < -0.3 is 5.32 Å². The Balaban J connectivity index is 1.43. The molecule has 1 N–H and O–H groups in total. The monoisotopic (exact) mass is 267 g/mol. The van der Waals surface area contributed by atoms with Crippen LogP contribution in [-0.4, -0.2) is 23.7 Å². The van der Waals surface area contributed by atoms with Crippen LogP contribution in [0.4, 0.5) is 0 Å². The number of alkyl halides is 1. The topological polar surface area (TPSA) is 12.0 Å². The van der Waals surface area contributed by atoms with Crippen molar-refractivity contribution in [2.75, 3.05) is 13.1 Å². The van der Waals surface area contributed by atoms with E-state index < -0.39 is 0 Å². The van der Waals surface area contributed by atoms with E-state index in [0.717, 1.165) is 19.0 Å². The number of hydrogen-bond acceptors (Lipinski definition) is 2. The fourth-order valence-electron chi connectivity index (χ4n) is 2.37. The fraction of sp³-hybridized carbons (Fsp3) is 0.571. The molecule has 2 unspecified atom stereocenters. The first-order chi connectivity index (χ1) is 8.33. The molecule has 3 heteroatoms. The third kappa shape index (κ3) is 2.98. The number of halogens is 1. The lowest BCUT2D eigenvalue weighted by Gasteiger charge is -2.12. The molecule has 3 rings (SSSR count). The maximum atomic E-state index is 6.28. The third-order valence-electron chi connectivity index (χ3n) is 3.56. The van der Waals surface area contributed by atoms with Crippen molar-refractivity contribution in [1.82, 2.24) is 5.32 Å². The second-order valence-corrected chi connectivity index (χ2v) is 6.97. The first-order valence-corrected chi connectivity index (χ1v) is 7.74. The van der Waals surface area contributed by atoms with Gasteiger partial charge in [-0.3, -0.25) is 0 Å². The van der Waals surface area contributed by atoms with Gasteiger partial charge in [-0.25, -0.2) is 0 Å². The molecule has 0 radical (unpaired) electrons. The lowest BCUT2D eigenvalue weighted by Crippen LogP contribution is -2.30. The van der Waals surface area contributed by atoms with Crippen LogP contribution in [0, 0.1) is 5.92 Å². The lowest BCUT2D eigenvalue weighted by atomic mass is 10.1. The maximum Gasteiger partial charge on any atom is 0.0488 e. The van der Waals surface area contributed by atoms with Gasteiger partial charge in [0.05, 0.1) is 0 Å². The first kappa shape index (κ1) is 11.9. The van der Waals surface area contributed by atoms with Crippen LogP contribution in [0.25, 0.3) is 0 Å². The highest BCUT2D eigenvalue weighted by atomic mass is 35.5. The highest BCUT2D eigenvalue weighted by molar-refractivity contribution is 8.00. The summed E-state index contributed by atoms with van der Waals surface area (Å²) < 4.78 is 0. The predicted molar refractivity (Wildman–Crippen MR) is 75.0 cm³/mol. The van der Waals surface area contributed by atoms with Gasteiger partial charge in [0.25, 0.3) is 0 Å². The van der Waals surface area contributed by atoms with Gasteiger partial charge in [-0.15, -0.1) is 23.4 Å². The van der Waals surface area contributed by atoms with E-state index in [1.54, 1.807) is 0 Å². The number of benzene rings is 1. The molecule has 1 saturated carbocycles. The molecule has 1 nitrogen and oxygen atoms in total. The average molecular weight is 268 g/mol. The Morgan fingerprint density at radius 2 is 2.18 bits per heavy atom. The molecule has 92 valence electrons. The Hall–Kier alpha value is -0.180. The molecule has 0 bridgehead atoms. The summed E-state index contributed by atoms with van der Waals surface area (Å²) in [4.78, 5) is 1.46. The summed E-state index contributed by atoms with van der Waals surface area (Å²) in [7, 11) is 0. The van der Waals surface area contributed by atoms with Gasteiger partial charge in [0.15, 0.2) is 0 Å². The molecular formula is C14H18ClNS. The highest BCUT2D eigenvalue weighted by Crippen LogP contribution is 2.37. The normalized spacial score (nSPS) is 24.6. The average Bonchev–Trinajstić information content (AvgIpc) is 3.09. The minimum atomic E-state index is 0.351. The third-order valence-corrected chi connectivity index (χ3v) is 5.39. The van der Waals surface area contributed by atoms with Crippen molar-refractivity contribution in [3.63, 3.8) is 0 Å². The van der Waals surface area contributed by atoms with E-state index in [0.29, 0.717) is 10.6 Å². The van der Waals surface area contributed by atoms with Crippen LogP contribution in [0.1, 0.15) is 18.4 Å². The van der Waals surface area contributed by atoms with Crippen LogP contribution >= 0.6 is 23.4 Å². The Labute approximate surface area is 112 Å². The van der Waals surface area contributed by atoms with Crippen molar-refractivity contribution in [2.45, 2.75) is 34.8 Å². The van der Waals surface area contributed by atoms with Gasteiger partial charge in [-0.05, 0) is 36.8 Å². The molecule has 1 aromatic rings. The Kier molecular flexibility index (Phi) is 3.64. The molecule has 0 spiro atoms. The quantitative estimate of drug-likeness (QED) is 0.822. The predicted octanol–water partition coefficient (Wildman–Crippen LogP) is 3.31. The van der Waals surface area contributed by atoms with Crippen molar-refractivity contribution in [2.24, 2.45) is 5.92 Å². The van der Waals surface area contributed by atoms with Crippen LogP contribution in [-0.2, 0) is 6.42 Å². The van der Waals surface area contributed by atoms with E-state index in [4.69, 9.17) is 11.6 Å². The molecule has 2 atom stereocenters. The molecule has 17 heavy (non-hydrogen) atoms. The number of fused-ring (bicyclic) bond motifs is 1. The van der Waals surface area contributed by atoms with E-state index in [1.807, 2.05) is 11.8 Å². The molecule has 2 aliphatic rings.